The molecule has 114 valence electrons. The van der Waals surface area contributed by atoms with Crippen LogP contribution in [0.5, 0.6) is 0 Å². The Kier molecular flexibility index (Phi) is 3.89. The van der Waals surface area contributed by atoms with E-state index in [2.05, 4.69) is 41.3 Å². The van der Waals surface area contributed by atoms with E-state index >= 15 is 0 Å². The maximum absolute atomic E-state index is 11.3. The number of hydrogen-bond donors (Lipinski definition) is 3. The van der Waals surface area contributed by atoms with Crippen LogP contribution >= 0.6 is 0 Å². The lowest BCUT2D eigenvalue weighted by atomic mass is 9.83. The number of benzene rings is 1. The first-order valence-electron chi connectivity index (χ1n) is 8.07. The minimum atomic E-state index is -0.140. The van der Waals surface area contributed by atoms with Crippen LogP contribution in [0.1, 0.15) is 57.6 Å². The van der Waals surface area contributed by atoms with Crippen LogP contribution < -0.4 is 11.0 Å². The Labute approximate surface area is 125 Å². The molecule has 1 saturated carbocycles. The van der Waals surface area contributed by atoms with Crippen LogP contribution in [0.4, 0.5) is 0 Å². The molecule has 4 nitrogen and oxygen atoms in total. The summed E-state index contributed by atoms with van der Waals surface area (Å²) in [6, 6.07) is 6.44. The molecule has 2 aromatic rings. The minimum absolute atomic E-state index is 0.140. The van der Waals surface area contributed by atoms with Crippen LogP contribution in [0.3, 0.4) is 0 Å². The molecule has 1 aliphatic carbocycles. The average molecular weight is 287 g/mol. The summed E-state index contributed by atoms with van der Waals surface area (Å²) in [5, 5.41) is 3.70. The summed E-state index contributed by atoms with van der Waals surface area (Å²) >= 11 is 0. The smallest absolute Gasteiger partial charge is 0.310 e. The summed E-state index contributed by atoms with van der Waals surface area (Å²) in [6.45, 7) is 5.60. The molecule has 0 spiro atoms. The third-order valence-corrected chi connectivity index (χ3v) is 5.24. The van der Waals surface area contributed by atoms with E-state index in [0.717, 1.165) is 17.6 Å². The van der Waals surface area contributed by atoms with Gasteiger partial charge >= 0.3 is 5.69 Å². The minimum Gasteiger partial charge on any atom is -0.310 e. The molecule has 1 heterocycles. The van der Waals surface area contributed by atoms with Crippen LogP contribution in [0.15, 0.2) is 23.0 Å². The zero-order valence-corrected chi connectivity index (χ0v) is 13.0. The van der Waals surface area contributed by atoms with Crippen LogP contribution in [0.2, 0.25) is 0 Å². The fourth-order valence-corrected chi connectivity index (χ4v) is 3.59. The zero-order valence-electron chi connectivity index (χ0n) is 13.0. The average Bonchev–Trinajstić information content (AvgIpc) is 3.09. The molecule has 3 rings (SSSR count). The number of rotatable bonds is 5. The highest BCUT2D eigenvalue weighted by atomic mass is 16.1. The highest BCUT2D eigenvalue weighted by Crippen LogP contribution is 2.40. The normalized spacial score (nSPS) is 19.1. The van der Waals surface area contributed by atoms with Crippen molar-refractivity contribution < 1.29 is 0 Å². The maximum atomic E-state index is 11.3. The van der Waals surface area contributed by atoms with Gasteiger partial charge in [0.05, 0.1) is 11.0 Å². The van der Waals surface area contributed by atoms with E-state index in [1.807, 2.05) is 6.07 Å². The van der Waals surface area contributed by atoms with Crippen molar-refractivity contribution in [3.8, 4) is 0 Å². The summed E-state index contributed by atoms with van der Waals surface area (Å²) in [5.74, 6) is 0. The number of H-pyrrole nitrogens is 2. The first-order chi connectivity index (χ1) is 10.1. The Balaban J connectivity index is 1.71. The van der Waals surface area contributed by atoms with Gasteiger partial charge in [0.1, 0.15) is 0 Å². The van der Waals surface area contributed by atoms with Crippen molar-refractivity contribution in [3.05, 3.63) is 34.2 Å². The summed E-state index contributed by atoms with van der Waals surface area (Å²) in [5.41, 5.74) is 3.34. The molecule has 0 aliphatic heterocycles. The van der Waals surface area contributed by atoms with Gasteiger partial charge in [0.2, 0.25) is 0 Å². The molecule has 4 heteroatoms. The standard InChI is InChI=1S/C17H25N3O/c1-3-17(8-4-5-9-17)11-18-12(2)13-6-7-14-15(10-13)20-16(21)19-14/h6-7,10,12,18H,3-5,8-9,11H2,1-2H3,(H2,19,20,21). The van der Waals surface area contributed by atoms with Gasteiger partial charge in [-0.15, -0.1) is 0 Å². The van der Waals surface area contributed by atoms with E-state index in [1.165, 1.54) is 37.7 Å². The molecule has 1 aromatic heterocycles. The Morgan fingerprint density at radius 1 is 1.24 bits per heavy atom. The fourth-order valence-electron chi connectivity index (χ4n) is 3.59. The molecule has 21 heavy (non-hydrogen) atoms. The van der Waals surface area contributed by atoms with E-state index in [4.69, 9.17) is 0 Å². The van der Waals surface area contributed by atoms with Gasteiger partial charge in [-0.25, -0.2) is 4.79 Å². The Hall–Kier alpha value is -1.55. The third-order valence-electron chi connectivity index (χ3n) is 5.24. The lowest BCUT2D eigenvalue weighted by molar-refractivity contribution is 0.259. The number of nitrogens with one attached hydrogen (secondary N) is 3. The fraction of sp³-hybridized carbons (Fsp3) is 0.588. The molecule has 1 aromatic carbocycles. The largest absolute Gasteiger partial charge is 0.323 e. The topological polar surface area (TPSA) is 60.7 Å². The van der Waals surface area contributed by atoms with Crippen molar-refractivity contribution in [3.63, 3.8) is 0 Å². The predicted molar refractivity (Wildman–Crippen MR) is 86.5 cm³/mol. The lowest BCUT2D eigenvalue weighted by Gasteiger charge is -2.29. The monoisotopic (exact) mass is 287 g/mol. The molecule has 0 amide bonds. The first kappa shape index (κ1) is 14.4. The van der Waals surface area contributed by atoms with Crippen LogP contribution in [-0.4, -0.2) is 16.5 Å². The van der Waals surface area contributed by atoms with E-state index in [9.17, 15) is 4.79 Å². The van der Waals surface area contributed by atoms with Crippen molar-refractivity contribution >= 4 is 11.0 Å². The summed E-state index contributed by atoms with van der Waals surface area (Å²) in [6.07, 6.45) is 6.72. The molecular weight excluding hydrogens is 262 g/mol. The van der Waals surface area contributed by atoms with E-state index in [1.54, 1.807) is 0 Å². The lowest BCUT2D eigenvalue weighted by Crippen LogP contribution is -2.33. The van der Waals surface area contributed by atoms with Crippen molar-refractivity contribution in [2.45, 2.75) is 52.0 Å². The molecule has 0 radical (unpaired) electrons. The molecule has 0 bridgehead atoms. The number of aromatic nitrogens is 2. The van der Waals surface area contributed by atoms with Crippen molar-refractivity contribution in [2.75, 3.05) is 6.54 Å². The number of aromatic amines is 2. The third kappa shape index (κ3) is 2.91. The van der Waals surface area contributed by atoms with Gasteiger partial charge in [-0.05, 0) is 49.3 Å². The van der Waals surface area contributed by atoms with Gasteiger partial charge in [0.15, 0.2) is 0 Å². The van der Waals surface area contributed by atoms with E-state index < -0.39 is 0 Å². The molecule has 1 aliphatic rings. The van der Waals surface area contributed by atoms with Gasteiger partial charge in [-0.3, -0.25) is 0 Å². The second-order valence-corrected chi connectivity index (χ2v) is 6.55. The SMILES string of the molecule is CCC1(CNC(C)c2ccc3[nH]c(=O)[nH]c3c2)CCCC1. The summed E-state index contributed by atoms with van der Waals surface area (Å²) in [4.78, 5) is 16.9. The molecule has 1 unspecified atom stereocenters. The van der Waals surface area contributed by atoms with Crippen molar-refractivity contribution in [1.82, 2.24) is 15.3 Å². The van der Waals surface area contributed by atoms with Crippen LogP contribution in [-0.2, 0) is 0 Å². The maximum Gasteiger partial charge on any atom is 0.323 e. The number of hydrogen-bond acceptors (Lipinski definition) is 2. The van der Waals surface area contributed by atoms with Crippen LogP contribution in [0.25, 0.3) is 11.0 Å². The summed E-state index contributed by atoms with van der Waals surface area (Å²) in [7, 11) is 0. The second kappa shape index (κ2) is 5.68. The molecule has 0 saturated heterocycles. The van der Waals surface area contributed by atoms with Crippen molar-refractivity contribution in [2.24, 2.45) is 5.41 Å². The Morgan fingerprint density at radius 2 is 1.95 bits per heavy atom. The Bertz CT molecular complexity index is 664. The molecule has 1 fully saturated rings. The molecule has 1 atom stereocenters. The summed E-state index contributed by atoms with van der Waals surface area (Å²) < 4.78 is 0. The quantitative estimate of drug-likeness (QED) is 0.788. The highest BCUT2D eigenvalue weighted by molar-refractivity contribution is 5.75. The zero-order chi connectivity index (χ0) is 14.9. The van der Waals surface area contributed by atoms with E-state index in [0.29, 0.717) is 11.5 Å². The molecular formula is C17H25N3O. The van der Waals surface area contributed by atoms with E-state index in [-0.39, 0.29) is 5.69 Å². The number of imidazole rings is 1. The molecule has 3 N–H and O–H groups in total. The first-order valence-corrected chi connectivity index (χ1v) is 8.07. The number of fused-ring (bicyclic) bond motifs is 1. The van der Waals surface area contributed by atoms with Gasteiger partial charge in [-0.2, -0.15) is 0 Å². The van der Waals surface area contributed by atoms with Crippen molar-refractivity contribution in [1.29, 1.82) is 0 Å². The second-order valence-electron chi connectivity index (χ2n) is 6.55. The predicted octanol–water partition coefficient (Wildman–Crippen LogP) is 3.48. The highest BCUT2D eigenvalue weighted by Gasteiger charge is 2.31. The van der Waals surface area contributed by atoms with Gasteiger partial charge < -0.3 is 15.3 Å². The Morgan fingerprint density at radius 3 is 2.67 bits per heavy atom. The van der Waals surface area contributed by atoms with Gasteiger partial charge in [0.25, 0.3) is 0 Å². The van der Waals surface area contributed by atoms with Gasteiger partial charge in [0, 0.05) is 12.6 Å². The van der Waals surface area contributed by atoms with Crippen LogP contribution in [0, 0.1) is 5.41 Å². The van der Waals surface area contributed by atoms with Gasteiger partial charge in [-0.1, -0.05) is 25.8 Å².